The molecule has 5 rings (SSSR count). The number of benzene rings is 2. The van der Waals surface area contributed by atoms with Gasteiger partial charge in [0.25, 0.3) is 0 Å². The highest BCUT2D eigenvalue weighted by Crippen LogP contribution is 2.70. The van der Waals surface area contributed by atoms with Gasteiger partial charge in [0, 0.05) is 5.41 Å². The van der Waals surface area contributed by atoms with E-state index in [-0.39, 0.29) is 16.2 Å². The van der Waals surface area contributed by atoms with Crippen LogP contribution in [0.4, 0.5) is 0 Å². The van der Waals surface area contributed by atoms with E-state index in [9.17, 15) is 0 Å². The molecule has 0 spiro atoms. The zero-order chi connectivity index (χ0) is 27.9. The van der Waals surface area contributed by atoms with Crippen LogP contribution in [-0.2, 0) is 6.42 Å². The minimum absolute atomic E-state index is 0.0497. The molecule has 198 valence electrons. The van der Waals surface area contributed by atoms with Gasteiger partial charge in [0.15, 0.2) is 0 Å². The first kappa shape index (κ1) is 26.7. The normalized spacial score (nSPS) is 28.9. The lowest BCUT2D eigenvalue weighted by Gasteiger charge is -2.62. The van der Waals surface area contributed by atoms with Crippen LogP contribution in [0.2, 0.25) is 0 Å². The molecule has 3 aliphatic carbocycles. The van der Waals surface area contributed by atoms with Crippen LogP contribution in [0.15, 0.2) is 89.6 Å². The number of allylic oxidation sites excluding steroid dienone is 7. The SMILES string of the molecule is C=C(C)C1=C(C)C[C@@]2(C)C[C@@]3(C)Cc4c(C(C)C)cc(-c5ccccc5)c(C)c4C(=C)C3=C(C)[C@@]2(C)C1=C. The fourth-order valence-electron chi connectivity index (χ4n) is 9.06. The first-order valence-electron chi connectivity index (χ1n) is 14.4. The lowest BCUT2D eigenvalue weighted by Crippen LogP contribution is -2.52. The van der Waals surface area contributed by atoms with Crippen LogP contribution in [0, 0.1) is 23.2 Å². The van der Waals surface area contributed by atoms with E-state index in [2.05, 4.69) is 105 Å². The second-order valence-electron chi connectivity index (χ2n) is 13.7. The van der Waals surface area contributed by atoms with Crippen molar-refractivity contribution in [1.82, 2.24) is 0 Å². The molecule has 0 saturated heterocycles. The van der Waals surface area contributed by atoms with Crippen molar-refractivity contribution in [1.29, 1.82) is 0 Å². The van der Waals surface area contributed by atoms with E-state index in [4.69, 9.17) is 13.2 Å². The fourth-order valence-corrected chi connectivity index (χ4v) is 9.06. The Balaban J connectivity index is 1.81. The van der Waals surface area contributed by atoms with Crippen molar-refractivity contribution in [3.05, 3.63) is 112 Å². The summed E-state index contributed by atoms with van der Waals surface area (Å²) in [5.74, 6) is 0.456. The topological polar surface area (TPSA) is 0 Å². The molecule has 0 saturated carbocycles. The first-order chi connectivity index (χ1) is 17.7. The van der Waals surface area contributed by atoms with E-state index in [1.807, 2.05) is 0 Å². The second-order valence-corrected chi connectivity index (χ2v) is 13.7. The zero-order valence-electron chi connectivity index (χ0n) is 25.3. The maximum atomic E-state index is 4.90. The number of hydrogen-bond acceptors (Lipinski definition) is 0. The van der Waals surface area contributed by atoms with Crippen molar-refractivity contribution in [2.75, 3.05) is 0 Å². The average molecular weight is 503 g/mol. The van der Waals surface area contributed by atoms with Gasteiger partial charge in [-0.3, -0.25) is 0 Å². The van der Waals surface area contributed by atoms with Gasteiger partial charge in [-0.15, -0.1) is 0 Å². The first-order valence-corrected chi connectivity index (χ1v) is 14.4. The van der Waals surface area contributed by atoms with Gasteiger partial charge < -0.3 is 0 Å². The summed E-state index contributed by atoms with van der Waals surface area (Å²) in [6.07, 6.45) is 3.30. The van der Waals surface area contributed by atoms with E-state index < -0.39 is 0 Å². The van der Waals surface area contributed by atoms with E-state index in [0.29, 0.717) is 5.92 Å². The standard InChI is InChI=1S/C38H46/c1-22(2)30-18-31(29-16-14-13-15-17-29)25(6)34-26(7)35-28(9)38(12)27(8)33(23(3)4)24(5)19-37(38,11)21-36(35,10)20-32(30)34/h13-18,22H,3,7-8,19-21H2,1-2,4-6,9-12H3/t36-,37+,38-/m1/s1. The number of hydrogen-bond donors (Lipinski definition) is 0. The number of fused-ring (bicyclic) bond motifs is 3. The molecule has 0 nitrogen and oxygen atoms in total. The van der Waals surface area contributed by atoms with Crippen molar-refractivity contribution in [3.8, 4) is 11.1 Å². The van der Waals surface area contributed by atoms with Crippen LogP contribution in [0.1, 0.15) is 96.4 Å². The minimum Gasteiger partial charge on any atom is -0.0955 e. The highest BCUT2D eigenvalue weighted by molar-refractivity contribution is 5.90. The van der Waals surface area contributed by atoms with Crippen LogP contribution >= 0.6 is 0 Å². The molecule has 3 aliphatic rings. The Morgan fingerprint density at radius 1 is 0.947 bits per heavy atom. The van der Waals surface area contributed by atoms with Crippen molar-refractivity contribution < 1.29 is 0 Å². The molecule has 0 fully saturated rings. The largest absolute Gasteiger partial charge is 0.0955 e. The Bertz CT molecular complexity index is 1470. The molecular weight excluding hydrogens is 456 g/mol. The van der Waals surface area contributed by atoms with E-state index in [1.54, 1.807) is 0 Å². The molecule has 0 N–H and O–H groups in total. The van der Waals surface area contributed by atoms with Crippen LogP contribution in [0.5, 0.6) is 0 Å². The third kappa shape index (κ3) is 3.41. The highest BCUT2D eigenvalue weighted by Gasteiger charge is 2.59. The molecule has 0 amide bonds. The van der Waals surface area contributed by atoms with Crippen LogP contribution in [-0.4, -0.2) is 0 Å². The van der Waals surface area contributed by atoms with E-state index in [1.165, 1.54) is 66.8 Å². The Morgan fingerprint density at radius 3 is 2.16 bits per heavy atom. The third-order valence-corrected chi connectivity index (χ3v) is 10.7. The smallest absolute Gasteiger partial charge is 0.0194 e. The lowest BCUT2D eigenvalue weighted by atomic mass is 9.41. The summed E-state index contributed by atoms with van der Waals surface area (Å²) in [7, 11) is 0. The molecule has 2 aromatic carbocycles. The zero-order valence-corrected chi connectivity index (χ0v) is 25.3. The van der Waals surface area contributed by atoms with Crippen molar-refractivity contribution in [2.45, 2.75) is 87.5 Å². The van der Waals surface area contributed by atoms with Crippen molar-refractivity contribution in [3.63, 3.8) is 0 Å². The molecule has 38 heavy (non-hydrogen) atoms. The Kier molecular flexibility index (Phi) is 6.03. The van der Waals surface area contributed by atoms with E-state index >= 15 is 0 Å². The highest BCUT2D eigenvalue weighted by atomic mass is 14.6. The van der Waals surface area contributed by atoms with Gasteiger partial charge in [-0.25, -0.2) is 0 Å². The fraction of sp³-hybridized carbons (Fsp3) is 0.421. The summed E-state index contributed by atoms with van der Waals surface area (Å²) >= 11 is 0. The average Bonchev–Trinajstić information content (AvgIpc) is 2.81. The number of rotatable bonds is 3. The summed E-state index contributed by atoms with van der Waals surface area (Å²) in [5, 5.41) is 0. The minimum atomic E-state index is -0.123. The molecule has 2 aromatic rings. The van der Waals surface area contributed by atoms with Crippen LogP contribution in [0.3, 0.4) is 0 Å². The Hall–Kier alpha value is -2.86. The van der Waals surface area contributed by atoms with Crippen molar-refractivity contribution in [2.24, 2.45) is 16.2 Å². The predicted octanol–water partition coefficient (Wildman–Crippen LogP) is 10.9. The third-order valence-electron chi connectivity index (χ3n) is 10.7. The molecule has 0 heterocycles. The molecule has 0 unspecified atom stereocenters. The molecule has 0 aliphatic heterocycles. The van der Waals surface area contributed by atoms with Crippen molar-refractivity contribution >= 4 is 5.57 Å². The van der Waals surface area contributed by atoms with Gasteiger partial charge in [0.05, 0.1) is 0 Å². The van der Waals surface area contributed by atoms with Gasteiger partial charge in [0.2, 0.25) is 0 Å². The van der Waals surface area contributed by atoms with Gasteiger partial charge in [-0.05, 0) is 119 Å². The van der Waals surface area contributed by atoms with E-state index in [0.717, 1.165) is 24.8 Å². The maximum Gasteiger partial charge on any atom is 0.0194 e. The predicted molar refractivity (Wildman–Crippen MR) is 166 cm³/mol. The van der Waals surface area contributed by atoms with Crippen LogP contribution in [0.25, 0.3) is 16.7 Å². The summed E-state index contributed by atoms with van der Waals surface area (Å²) in [6.45, 7) is 35.4. The van der Waals surface area contributed by atoms with Gasteiger partial charge >= 0.3 is 0 Å². The molecule has 3 atom stereocenters. The molecule has 0 bridgehead atoms. The molecule has 0 radical (unpaired) electrons. The Morgan fingerprint density at radius 2 is 1.58 bits per heavy atom. The summed E-state index contributed by atoms with van der Waals surface area (Å²) < 4.78 is 0. The van der Waals surface area contributed by atoms with Crippen LogP contribution < -0.4 is 0 Å². The van der Waals surface area contributed by atoms with Gasteiger partial charge in [-0.2, -0.15) is 0 Å². The monoisotopic (exact) mass is 502 g/mol. The second kappa shape index (κ2) is 8.57. The molecule has 0 heteroatoms. The molecular formula is C38H46. The summed E-state index contributed by atoms with van der Waals surface area (Å²) in [4.78, 5) is 0. The summed E-state index contributed by atoms with van der Waals surface area (Å²) in [5.41, 5.74) is 17.8. The van der Waals surface area contributed by atoms with Gasteiger partial charge in [0.1, 0.15) is 0 Å². The quantitative estimate of drug-likeness (QED) is 0.391. The lowest BCUT2D eigenvalue weighted by molar-refractivity contribution is 0.0543. The van der Waals surface area contributed by atoms with Gasteiger partial charge in [-0.1, -0.05) is 107 Å². The maximum absolute atomic E-state index is 4.90. The summed E-state index contributed by atoms with van der Waals surface area (Å²) in [6, 6.07) is 13.4. The molecule has 0 aromatic heterocycles. The Labute approximate surface area is 232 Å².